The number of nitrogens with zero attached hydrogens (tertiary/aromatic N) is 1. The first-order valence-electron chi connectivity index (χ1n) is 12.6. The molecule has 1 N–H and O–H groups in total. The fourth-order valence-electron chi connectivity index (χ4n) is 5.27. The third-order valence-electron chi connectivity index (χ3n) is 7.21. The molecule has 1 aromatic heterocycles. The van der Waals surface area contributed by atoms with Crippen molar-refractivity contribution in [2.24, 2.45) is 0 Å². The molecule has 6 rings (SSSR count). The number of ether oxygens (including phenoxy) is 2. The molecule has 39 heavy (non-hydrogen) atoms. The highest BCUT2D eigenvalue weighted by Gasteiger charge is 2.41. The van der Waals surface area contributed by atoms with Crippen molar-refractivity contribution >= 4 is 32.7 Å². The molecule has 5 aromatic rings. The molecule has 2 heterocycles. The number of benzene rings is 4. The van der Waals surface area contributed by atoms with Crippen molar-refractivity contribution in [2.45, 2.75) is 17.9 Å². The lowest BCUT2D eigenvalue weighted by Crippen LogP contribution is -2.36. The van der Waals surface area contributed by atoms with Crippen LogP contribution in [-0.2, 0) is 10.0 Å². The molecule has 0 bridgehead atoms. The smallest absolute Gasteiger partial charge is 0.265 e. The highest BCUT2D eigenvalue weighted by Crippen LogP contribution is 2.49. The molecule has 0 unspecified atom stereocenters. The number of sulfonamides is 1. The third-order valence-corrected chi connectivity index (χ3v) is 9.00. The standard InChI is InChI=1S/C32H28N2O4S/c1-21-13-15-24(16-14-21)39(35,36)34-29(22-9-5-4-6-10-22)17-23-18-30(37-2)31(38-3)19-26(23)32(34)27-20-33-28-12-8-7-11-25(27)28/h4-20,32-33H,1-3H3/t32-/m1/s1. The van der Waals surface area contributed by atoms with E-state index in [9.17, 15) is 8.42 Å². The maximum atomic E-state index is 14.6. The average molecular weight is 537 g/mol. The third kappa shape index (κ3) is 4.15. The predicted molar refractivity (Wildman–Crippen MR) is 154 cm³/mol. The number of hydrogen-bond donors (Lipinski definition) is 1. The van der Waals surface area contributed by atoms with E-state index in [1.807, 2.05) is 98.1 Å². The topological polar surface area (TPSA) is 71.6 Å². The van der Waals surface area contributed by atoms with Gasteiger partial charge in [0.05, 0.1) is 30.9 Å². The van der Waals surface area contributed by atoms with Gasteiger partial charge in [-0.25, -0.2) is 8.42 Å². The first-order chi connectivity index (χ1) is 18.9. The Labute approximate surface area is 228 Å². The second kappa shape index (κ2) is 9.67. The van der Waals surface area contributed by atoms with Gasteiger partial charge in [-0.1, -0.05) is 66.2 Å². The number of aromatic nitrogens is 1. The molecule has 6 nitrogen and oxygen atoms in total. The van der Waals surface area contributed by atoms with Crippen LogP contribution in [0.15, 0.2) is 102 Å². The molecule has 0 saturated carbocycles. The minimum Gasteiger partial charge on any atom is -0.493 e. The first-order valence-corrected chi connectivity index (χ1v) is 14.1. The Bertz CT molecular complexity index is 1810. The van der Waals surface area contributed by atoms with E-state index in [0.717, 1.165) is 38.7 Å². The second-order valence-electron chi connectivity index (χ2n) is 9.54. The molecular formula is C32H28N2O4S. The summed E-state index contributed by atoms with van der Waals surface area (Å²) in [6.07, 6.45) is 3.82. The van der Waals surface area contributed by atoms with E-state index >= 15 is 0 Å². The molecule has 196 valence electrons. The zero-order valence-corrected chi connectivity index (χ0v) is 22.7. The lowest BCUT2D eigenvalue weighted by atomic mass is 9.89. The summed E-state index contributed by atoms with van der Waals surface area (Å²) in [6, 6.07) is 27.6. The number of nitrogens with one attached hydrogen (secondary N) is 1. The van der Waals surface area contributed by atoms with Gasteiger partial charge in [0.2, 0.25) is 0 Å². The lowest BCUT2D eigenvalue weighted by molar-refractivity contribution is 0.353. The molecule has 7 heteroatoms. The number of para-hydroxylation sites is 1. The number of aromatic amines is 1. The average Bonchev–Trinajstić information content (AvgIpc) is 3.40. The zero-order valence-electron chi connectivity index (χ0n) is 21.9. The number of aryl methyl sites for hydroxylation is 1. The van der Waals surface area contributed by atoms with Crippen LogP contribution in [0.25, 0.3) is 22.7 Å². The Morgan fingerprint density at radius 1 is 0.795 bits per heavy atom. The normalized spacial score (nSPS) is 15.1. The monoisotopic (exact) mass is 536 g/mol. The Balaban J connectivity index is 1.71. The molecule has 0 saturated heterocycles. The van der Waals surface area contributed by atoms with E-state index in [-0.39, 0.29) is 4.90 Å². The Morgan fingerprint density at radius 2 is 1.46 bits per heavy atom. The van der Waals surface area contributed by atoms with Crippen LogP contribution in [0.4, 0.5) is 0 Å². The molecule has 0 amide bonds. The van der Waals surface area contributed by atoms with Gasteiger partial charge in [0.15, 0.2) is 11.5 Å². The molecule has 0 aliphatic carbocycles. The number of fused-ring (bicyclic) bond motifs is 2. The predicted octanol–water partition coefficient (Wildman–Crippen LogP) is 6.79. The number of hydrogen-bond acceptors (Lipinski definition) is 4. The van der Waals surface area contributed by atoms with E-state index in [2.05, 4.69) is 4.98 Å². The summed E-state index contributed by atoms with van der Waals surface area (Å²) in [5, 5.41) is 0.946. The molecule has 4 aromatic carbocycles. The first kappa shape index (κ1) is 24.8. The van der Waals surface area contributed by atoms with Gasteiger partial charge in [0, 0.05) is 22.7 Å². The van der Waals surface area contributed by atoms with Gasteiger partial charge in [-0.2, -0.15) is 0 Å². The SMILES string of the molecule is COc1cc2c(cc1OC)[C@H](c1c[nH]c3ccccc13)N(S(=O)(=O)c1ccc(C)cc1)C(c1ccccc1)=C2. The second-order valence-corrected chi connectivity index (χ2v) is 11.4. The fraction of sp³-hybridized carbons (Fsp3) is 0.125. The van der Waals surface area contributed by atoms with Gasteiger partial charge in [0.1, 0.15) is 0 Å². The van der Waals surface area contributed by atoms with Crippen molar-refractivity contribution in [3.05, 3.63) is 125 Å². The molecule has 0 fully saturated rings. The Morgan fingerprint density at radius 3 is 2.18 bits per heavy atom. The van der Waals surface area contributed by atoms with Crippen LogP contribution >= 0.6 is 0 Å². The van der Waals surface area contributed by atoms with Crippen molar-refractivity contribution in [3.63, 3.8) is 0 Å². The summed E-state index contributed by atoms with van der Waals surface area (Å²) in [6.45, 7) is 1.94. The van der Waals surface area contributed by atoms with E-state index in [1.54, 1.807) is 30.7 Å². The van der Waals surface area contributed by atoms with Gasteiger partial charge in [-0.3, -0.25) is 4.31 Å². The number of H-pyrrole nitrogens is 1. The van der Waals surface area contributed by atoms with Crippen molar-refractivity contribution in [2.75, 3.05) is 14.2 Å². The summed E-state index contributed by atoms with van der Waals surface area (Å²) in [5.74, 6) is 1.11. The van der Waals surface area contributed by atoms with Crippen LogP contribution in [0.1, 0.15) is 33.9 Å². The molecule has 0 spiro atoms. The fourth-order valence-corrected chi connectivity index (χ4v) is 6.90. The van der Waals surface area contributed by atoms with Crippen LogP contribution < -0.4 is 9.47 Å². The highest BCUT2D eigenvalue weighted by atomic mass is 32.2. The van der Waals surface area contributed by atoms with E-state index < -0.39 is 16.1 Å². The van der Waals surface area contributed by atoms with Crippen molar-refractivity contribution in [3.8, 4) is 11.5 Å². The van der Waals surface area contributed by atoms with Crippen LogP contribution in [0.2, 0.25) is 0 Å². The quantitative estimate of drug-likeness (QED) is 0.260. The minimum absolute atomic E-state index is 0.226. The van der Waals surface area contributed by atoms with Gasteiger partial charge in [-0.05, 0) is 60.0 Å². The van der Waals surface area contributed by atoms with Crippen LogP contribution in [0.3, 0.4) is 0 Å². The number of methoxy groups -OCH3 is 2. The molecule has 1 atom stereocenters. The van der Waals surface area contributed by atoms with Crippen LogP contribution in [0.5, 0.6) is 11.5 Å². The van der Waals surface area contributed by atoms with Crippen molar-refractivity contribution in [1.82, 2.24) is 9.29 Å². The van der Waals surface area contributed by atoms with Crippen LogP contribution in [-0.4, -0.2) is 31.9 Å². The maximum Gasteiger partial charge on any atom is 0.265 e. The zero-order chi connectivity index (χ0) is 27.1. The van der Waals surface area contributed by atoms with Gasteiger partial charge < -0.3 is 14.5 Å². The molecule has 1 aliphatic heterocycles. The summed E-state index contributed by atoms with van der Waals surface area (Å²) < 4.78 is 42.1. The van der Waals surface area contributed by atoms with E-state index in [4.69, 9.17) is 9.47 Å². The Hall–Kier alpha value is -4.49. The van der Waals surface area contributed by atoms with E-state index in [1.165, 1.54) is 0 Å². The maximum absolute atomic E-state index is 14.6. The van der Waals surface area contributed by atoms with Gasteiger partial charge in [-0.15, -0.1) is 0 Å². The largest absolute Gasteiger partial charge is 0.493 e. The van der Waals surface area contributed by atoms with Crippen molar-refractivity contribution < 1.29 is 17.9 Å². The summed E-state index contributed by atoms with van der Waals surface area (Å²) in [4.78, 5) is 3.57. The Kier molecular flexibility index (Phi) is 6.16. The molecule has 1 aliphatic rings. The summed E-state index contributed by atoms with van der Waals surface area (Å²) >= 11 is 0. The summed E-state index contributed by atoms with van der Waals surface area (Å²) in [7, 11) is -0.838. The van der Waals surface area contributed by atoms with Gasteiger partial charge in [0.25, 0.3) is 10.0 Å². The van der Waals surface area contributed by atoms with E-state index in [0.29, 0.717) is 17.2 Å². The van der Waals surface area contributed by atoms with Crippen molar-refractivity contribution in [1.29, 1.82) is 0 Å². The summed E-state index contributed by atoms with van der Waals surface area (Å²) in [5.41, 5.74) is 5.78. The van der Waals surface area contributed by atoms with Crippen LogP contribution in [0, 0.1) is 6.92 Å². The number of rotatable bonds is 6. The highest BCUT2D eigenvalue weighted by molar-refractivity contribution is 7.89. The van der Waals surface area contributed by atoms with Gasteiger partial charge >= 0.3 is 0 Å². The molecular weight excluding hydrogens is 508 g/mol. The minimum atomic E-state index is -4.02. The lowest BCUT2D eigenvalue weighted by Gasteiger charge is -2.39. The molecule has 0 radical (unpaired) electrons.